The average molecular weight is 177 g/mol. The molecule has 5 heteroatoms. The van der Waals surface area contributed by atoms with Gasteiger partial charge in [-0.05, 0) is 6.92 Å². The summed E-state index contributed by atoms with van der Waals surface area (Å²) < 4.78 is 4.81. The number of amides is 1. The Morgan fingerprint density at radius 1 is 1.67 bits per heavy atom. The van der Waals surface area contributed by atoms with E-state index in [0.717, 1.165) is 0 Å². The SMILES string of the molecule is CCOCC(=O)NCC(O)CO. The number of carbonyl (C=O) groups excluding carboxylic acids is 1. The highest BCUT2D eigenvalue weighted by Crippen LogP contribution is 1.78. The van der Waals surface area contributed by atoms with Gasteiger partial charge in [-0.3, -0.25) is 4.79 Å². The van der Waals surface area contributed by atoms with Crippen molar-refractivity contribution >= 4 is 5.91 Å². The van der Waals surface area contributed by atoms with Crippen molar-refractivity contribution in [3.8, 4) is 0 Å². The van der Waals surface area contributed by atoms with E-state index in [0.29, 0.717) is 6.61 Å². The van der Waals surface area contributed by atoms with E-state index in [2.05, 4.69) is 5.32 Å². The molecule has 0 spiro atoms. The summed E-state index contributed by atoms with van der Waals surface area (Å²) in [7, 11) is 0. The zero-order valence-electron chi connectivity index (χ0n) is 7.12. The van der Waals surface area contributed by atoms with Crippen LogP contribution in [-0.4, -0.2) is 48.6 Å². The highest BCUT2D eigenvalue weighted by molar-refractivity contribution is 5.77. The molecule has 5 nitrogen and oxygen atoms in total. The Bertz CT molecular complexity index is 129. The maximum Gasteiger partial charge on any atom is 0.246 e. The van der Waals surface area contributed by atoms with Gasteiger partial charge < -0.3 is 20.3 Å². The maximum absolute atomic E-state index is 10.8. The highest BCUT2D eigenvalue weighted by Gasteiger charge is 2.04. The van der Waals surface area contributed by atoms with Crippen molar-refractivity contribution in [3.63, 3.8) is 0 Å². The molecule has 0 radical (unpaired) electrons. The van der Waals surface area contributed by atoms with Crippen molar-refractivity contribution < 1.29 is 19.7 Å². The number of aliphatic hydroxyl groups is 2. The summed E-state index contributed by atoms with van der Waals surface area (Å²) in [6.07, 6.45) is -0.893. The molecule has 1 amide bonds. The van der Waals surface area contributed by atoms with Gasteiger partial charge in [-0.25, -0.2) is 0 Å². The van der Waals surface area contributed by atoms with E-state index < -0.39 is 6.10 Å². The minimum Gasteiger partial charge on any atom is -0.394 e. The lowest BCUT2D eigenvalue weighted by Crippen LogP contribution is -2.35. The van der Waals surface area contributed by atoms with Gasteiger partial charge in [-0.1, -0.05) is 0 Å². The van der Waals surface area contributed by atoms with Crippen LogP contribution in [0.15, 0.2) is 0 Å². The number of hydrogen-bond donors (Lipinski definition) is 3. The Balaban J connectivity index is 3.31. The second-order valence-electron chi connectivity index (χ2n) is 2.28. The molecule has 3 N–H and O–H groups in total. The monoisotopic (exact) mass is 177 g/mol. The van der Waals surface area contributed by atoms with Crippen LogP contribution in [0.5, 0.6) is 0 Å². The standard InChI is InChI=1S/C7H15NO4/c1-2-12-5-7(11)8-3-6(10)4-9/h6,9-10H,2-5H2,1H3,(H,8,11). The quantitative estimate of drug-likeness (QED) is 0.461. The molecule has 72 valence electrons. The van der Waals surface area contributed by atoms with Gasteiger partial charge in [-0.2, -0.15) is 0 Å². The van der Waals surface area contributed by atoms with E-state index in [4.69, 9.17) is 14.9 Å². The summed E-state index contributed by atoms with van der Waals surface area (Å²) in [6.45, 7) is 1.97. The van der Waals surface area contributed by atoms with Crippen molar-refractivity contribution in [2.75, 3.05) is 26.4 Å². The van der Waals surface area contributed by atoms with Gasteiger partial charge in [0.05, 0.1) is 12.7 Å². The van der Waals surface area contributed by atoms with Crippen LogP contribution >= 0.6 is 0 Å². The van der Waals surface area contributed by atoms with Crippen LogP contribution in [0.25, 0.3) is 0 Å². The van der Waals surface area contributed by atoms with Crippen LogP contribution in [0.2, 0.25) is 0 Å². The molecular formula is C7H15NO4. The van der Waals surface area contributed by atoms with Crippen LogP contribution in [-0.2, 0) is 9.53 Å². The van der Waals surface area contributed by atoms with Crippen LogP contribution < -0.4 is 5.32 Å². The predicted molar refractivity (Wildman–Crippen MR) is 42.6 cm³/mol. The summed E-state index contributed by atoms with van der Waals surface area (Å²) in [5.41, 5.74) is 0. The van der Waals surface area contributed by atoms with Crippen LogP contribution in [0, 0.1) is 0 Å². The molecular weight excluding hydrogens is 162 g/mol. The normalized spacial score (nSPS) is 12.6. The minimum absolute atomic E-state index is 0.00531. The summed E-state index contributed by atoms with van der Waals surface area (Å²) in [6, 6.07) is 0. The molecule has 12 heavy (non-hydrogen) atoms. The molecule has 0 rings (SSSR count). The lowest BCUT2D eigenvalue weighted by atomic mass is 10.4. The number of hydrogen-bond acceptors (Lipinski definition) is 4. The van der Waals surface area contributed by atoms with Gasteiger partial charge in [0.15, 0.2) is 0 Å². The smallest absolute Gasteiger partial charge is 0.246 e. The molecule has 0 aromatic heterocycles. The van der Waals surface area contributed by atoms with Gasteiger partial charge in [0.2, 0.25) is 5.91 Å². The number of carbonyl (C=O) groups is 1. The van der Waals surface area contributed by atoms with Crippen LogP contribution in [0.1, 0.15) is 6.92 Å². The third kappa shape index (κ3) is 6.09. The Labute approximate surface area is 71.3 Å². The third-order valence-corrected chi connectivity index (χ3v) is 1.18. The molecule has 1 unspecified atom stereocenters. The molecule has 1 atom stereocenters. The fourth-order valence-electron chi connectivity index (χ4n) is 0.542. The fraction of sp³-hybridized carbons (Fsp3) is 0.857. The zero-order chi connectivity index (χ0) is 9.40. The summed E-state index contributed by atoms with van der Waals surface area (Å²) in [5, 5.41) is 19.6. The van der Waals surface area contributed by atoms with Crippen molar-refractivity contribution in [2.24, 2.45) is 0 Å². The first kappa shape index (κ1) is 11.4. The van der Waals surface area contributed by atoms with Crippen molar-refractivity contribution in [1.82, 2.24) is 5.32 Å². The summed E-state index contributed by atoms with van der Waals surface area (Å²) >= 11 is 0. The Kier molecular flexibility index (Phi) is 6.64. The number of rotatable bonds is 6. The van der Waals surface area contributed by atoms with Crippen LogP contribution in [0.4, 0.5) is 0 Å². The van der Waals surface area contributed by atoms with Crippen molar-refractivity contribution in [2.45, 2.75) is 13.0 Å². The fourth-order valence-corrected chi connectivity index (χ4v) is 0.542. The molecule has 0 aromatic rings. The molecule has 0 aliphatic heterocycles. The first-order valence-electron chi connectivity index (χ1n) is 3.84. The lowest BCUT2D eigenvalue weighted by molar-refractivity contribution is -0.126. The van der Waals surface area contributed by atoms with E-state index in [1.54, 1.807) is 6.92 Å². The van der Waals surface area contributed by atoms with Gasteiger partial charge in [0, 0.05) is 13.2 Å². The molecule has 0 aliphatic rings. The van der Waals surface area contributed by atoms with E-state index >= 15 is 0 Å². The lowest BCUT2D eigenvalue weighted by Gasteiger charge is -2.08. The van der Waals surface area contributed by atoms with Gasteiger partial charge in [0.25, 0.3) is 0 Å². The van der Waals surface area contributed by atoms with Gasteiger partial charge >= 0.3 is 0 Å². The number of nitrogens with one attached hydrogen (secondary N) is 1. The molecule has 0 fully saturated rings. The third-order valence-electron chi connectivity index (χ3n) is 1.18. The number of ether oxygens (including phenoxy) is 1. The maximum atomic E-state index is 10.8. The molecule has 0 bridgehead atoms. The van der Waals surface area contributed by atoms with Gasteiger partial charge in [-0.15, -0.1) is 0 Å². The average Bonchev–Trinajstić information content (AvgIpc) is 2.10. The molecule has 0 heterocycles. The van der Waals surface area contributed by atoms with Crippen molar-refractivity contribution in [1.29, 1.82) is 0 Å². The first-order valence-corrected chi connectivity index (χ1v) is 3.84. The topological polar surface area (TPSA) is 78.8 Å². The summed E-state index contributed by atoms with van der Waals surface area (Å²) in [4.78, 5) is 10.8. The van der Waals surface area contributed by atoms with E-state index in [9.17, 15) is 4.79 Å². The van der Waals surface area contributed by atoms with E-state index in [1.807, 2.05) is 0 Å². The largest absolute Gasteiger partial charge is 0.394 e. The van der Waals surface area contributed by atoms with Gasteiger partial charge in [0.1, 0.15) is 6.61 Å². The van der Waals surface area contributed by atoms with Crippen molar-refractivity contribution in [3.05, 3.63) is 0 Å². The zero-order valence-corrected chi connectivity index (χ0v) is 7.12. The first-order chi connectivity index (χ1) is 5.70. The predicted octanol–water partition coefficient (Wildman–Crippen LogP) is -1.51. The second kappa shape index (κ2) is 7.02. The Morgan fingerprint density at radius 2 is 2.33 bits per heavy atom. The second-order valence-corrected chi connectivity index (χ2v) is 2.28. The molecule has 0 saturated heterocycles. The number of aliphatic hydroxyl groups excluding tert-OH is 2. The molecule has 0 saturated carbocycles. The Hall–Kier alpha value is -0.650. The van der Waals surface area contributed by atoms with E-state index in [-0.39, 0.29) is 25.7 Å². The minimum atomic E-state index is -0.893. The molecule has 0 aliphatic carbocycles. The Morgan fingerprint density at radius 3 is 2.83 bits per heavy atom. The highest BCUT2D eigenvalue weighted by atomic mass is 16.5. The summed E-state index contributed by atoms with van der Waals surface area (Å²) in [5.74, 6) is -0.288. The van der Waals surface area contributed by atoms with E-state index in [1.165, 1.54) is 0 Å². The van der Waals surface area contributed by atoms with Crippen LogP contribution in [0.3, 0.4) is 0 Å². The molecule has 0 aromatic carbocycles.